The predicted molar refractivity (Wildman–Crippen MR) is 88.1 cm³/mol. The molecule has 1 aromatic carbocycles. The van der Waals surface area contributed by atoms with Gasteiger partial charge in [-0.2, -0.15) is 0 Å². The molecule has 0 spiro atoms. The molecule has 3 aromatic rings. The van der Waals surface area contributed by atoms with E-state index < -0.39 is 0 Å². The van der Waals surface area contributed by atoms with Gasteiger partial charge < -0.3 is 15.1 Å². The first-order chi connectivity index (χ1) is 11.3. The zero-order chi connectivity index (χ0) is 15.6. The number of carbonyl (C=O) groups is 1. The highest BCUT2D eigenvalue weighted by atomic mass is 16.3. The lowest BCUT2D eigenvalue weighted by Gasteiger charge is -2.27. The number of carbonyl (C=O) groups excluding carboxylic acids is 1. The number of pyridine rings is 1. The second-order valence-electron chi connectivity index (χ2n) is 5.78. The zero-order valence-corrected chi connectivity index (χ0v) is 12.6. The van der Waals surface area contributed by atoms with E-state index in [1.54, 1.807) is 12.3 Å². The third-order valence-electron chi connectivity index (χ3n) is 4.15. The molecule has 2 aromatic heterocycles. The van der Waals surface area contributed by atoms with Crippen molar-refractivity contribution in [2.75, 3.05) is 19.6 Å². The summed E-state index contributed by atoms with van der Waals surface area (Å²) in [6, 6.07) is 13.1. The lowest BCUT2D eigenvalue weighted by Crippen LogP contribution is -2.48. The minimum Gasteiger partial charge on any atom is -0.463 e. The summed E-state index contributed by atoms with van der Waals surface area (Å²) in [5.41, 5.74) is 2.09. The van der Waals surface area contributed by atoms with Crippen molar-refractivity contribution in [1.29, 1.82) is 0 Å². The summed E-state index contributed by atoms with van der Waals surface area (Å²) in [5, 5.41) is 7.09. The third kappa shape index (κ3) is 2.71. The normalized spacial score (nSPS) is 14.6. The van der Waals surface area contributed by atoms with E-state index in [2.05, 4.69) is 15.6 Å². The van der Waals surface area contributed by atoms with Gasteiger partial charge in [0.15, 0.2) is 5.76 Å². The van der Waals surface area contributed by atoms with Gasteiger partial charge in [-0.1, -0.05) is 18.2 Å². The van der Waals surface area contributed by atoms with E-state index in [-0.39, 0.29) is 5.91 Å². The highest BCUT2D eigenvalue weighted by molar-refractivity contribution is 6.07. The van der Waals surface area contributed by atoms with Crippen molar-refractivity contribution in [2.24, 2.45) is 5.92 Å². The highest BCUT2D eigenvalue weighted by Gasteiger charge is 2.19. The molecule has 1 fully saturated rings. The summed E-state index contributed by atoms with van der Waals surface area (Å²) in [7, 11) is 0. The molecular weight excluding hydrogens is 290 g/mol. The monoisotopic (exact) mass is 307 g/mol. The predicted octanol–water partition coefficient (Wildman–Crippen LogP) is 2.44. The molecule has 0 unspecified atom stereocenters. The van der Waals surface area contributed by atoms with Crippen molar-refractivity contribution in [3.63, 3.8) is 0 Å². The van der Waals surface area contributed by atoms with Crippen LogP contribution in [0.15, 0.2) is 53.1 Å². The van der Waals surface area contributed by atoms with Gasteiger partial charge in [-0.05, 0) is 24.3 Å². The Bertz CT molecular complexity index is 839. The largest absolute Gasteiger partial charge is 0.463 e. The molecule has 1 amide bonds. The fraction of sp³-hybridized carbons (Fsp3) is 0.222. The third-order valence-corrected chi connectivity index (χ3v) is 4.15. The lowest BCUT2D eigenvalue weighted by atomic mass is 10.0. The number of para-hydroxylation sites is 1. The van der Waals surface area contributed by atoms with Gasteiger partial charge in [0.25, 0.3) is 5.91 Å². The van der Waals surface area contributed by atoms with Gasteiger partial charge in [-0.15, -0.1) is 0 Å². The van der Waals surface area contributed by atoms with E-state index in [1.165, 1.54) is 0 Å². The smallest absolute Gasteiger partial charge is 0.252 e. The standard InChI is InChI=1S/C18H17N3O2/c22-18(20-11-12-9-19-10-12)14-8-16(17-6-3-7-23-17)21-15-5-2-1-4-13(14)15/h1-8,12,19H,9-11H2,(H,20,22). The molecule has 4 rings (SSSR count). The Morgan fingerprint density at radius 1 is 1.26 bits per heavy atom. The number of amides is 1. The maximum absolute atomic E-state index is 12.6. The van der Waals surface area contributed by atoms with Gasteiger partial charge in [0.1, 0.15) is 5.69 Å². The van der Waals surface area contributed by atoms with Gasteiger partial charge >= 0.3 is 0 Å². The number of fused-ring (bicyclic) bond motifs is 1. The van der Waals surface area contributed by atoms with Crippen molar-refractivity contribution < 1.29 is 9.21 Å². The Labute approximate surface area is 133 Å². The summed E-state index contributed by atoms with van der Waals surface area (Å²) >= 11 is 0. The Morgan fingerprint density at radius 2 is 2.13 bits per heavy atom. The molecule has 0 radical (unpaired) electrons. The Morgan fingerprint density at radius 3 is 2.87 bits per heavy atom. The molecule has 2 N–H and O–H groups in total. The molecule has 1 saturated heterocycles. The first kappa shape index (κ1) is 14.0. The van der Waals surface area contributed by atoms with Gasteiger partial charge in [-0.25, -0.2) is 4.98 Å². The summed E-state index contributed by atoms with van der Waals surface area (Å²) in [6.07, 6.45) is 1.61. The van der Waals surface area contributed by atoms with E-state index >= 15 is 0 Å². The average molecular weight is 307 g/mol. The Kier molecular flexibility index (Phi) is 3.55. The van der Waals surface area contributed by atoms with Crippen LogP contribution in [0.2, 0.25) is 0 Å². The van der Waals surface area contributed by atoms with Gasteiger partial charge in [-0.3, -0.25) is 4.79 Å². The van der Waals surface area contributed by atoms with Gasteiger partial charge in [0.05, 0.1) is 17.3 Å². The second kappa shape index (κ2) is 5.85. The maximum atomic E-state index is 12.6. The molecule has 5 heteroatoms. The molecule has 0 saturated carbocycles. The van der Waals surface area contributed by atoms with Crippen molar-refractivity contribution in [3.8, 4) is 11.5 Å². The van der Waals surface area contributed by atoms with Crippen LogP contribution in [-0.2, 0) is 0 Å². The van der Waals surface area contributed by atoms with Crippen molar-refractivity contribution in [2.45, 2.75) is 0 Å². The minimum atomic E-state index is -0.0664. The van der Waals surface area contributed by atoms with Gasteiger partial charge in [0.2, 0.25) is 0 Å². The van der Waals surface area contributed by atoms with E-state index in [0.29, 0.717) is 29.5 Å². The summed E-state index contributed by atoms with van der Waals surface area (Å²) < 4.78 is 5.43. The Balaban J connectivity index is 1.72. The fourth-order valence-electron chi connectivity index (χ4n) is 2.74. The lowest BCUT2D eigenvalue weighted by molar-refractivity contribution is 0.0944. The second-order valence-corrected chi connectivity index (χ2v) is 5.78. The maximum Gasteiger partial charge on any atom is 0.252 e. The fourth-order valence-corrected chi connectivity index (χ4v) is 2.74. The van der Waals surface area contributed by atoms with Crippen LogP contribution in [0.3, 0.4) is 0 Å². The molecule has 0 aliphatic carbocycles. The molecule has 23 heavy (non-hydrogen) atoms. The molecule has 5 nitrogen and oxygen atoms in total. The van der Waals surface area contributed by atoms with Crippen LogP contribution in [0, 0.1) is 5.92 Å². The molecule has 1 aliphatic rings. The number of nitrogens with zero attached hydrogens (tertiary/aromatic N) is 1. The zero-order valence-electron chi connectivity index (χ0n) is 12.6. The summed E-state index contributed by atoms with van der Waals surface area (Å²) in [4.78, 5) is 17.2. The Hall–Kier alpha value is -2.66. The first-order valence-corrected chi connectivity index (χ1v) is 7.74. The van der Waals surface area contributed by atoms with Crippen LogP contribution in [0.25, 0.3) is 22.4 Å². The van der Waals surface area contributed by atoms with Crippen LogP contribution >= 0.6 is 0 Å². The molecule has 0 bridgehead atoms. The van der Waals surface area contributed by atoms with Crippen LogP contribution in [0.4, 0.5) is 0 Å². The number of hydrogen-bond donors (Lipinski definition) is 2. The van der Waals surface area contributed by atoms with Crippen LogP contribution in [0.1, 0.15) is 10.4 Å². The SMILES string of the molecule is O=C(NCC1CNC1)c1cc(-c2ccco2)nc2ccccc12. The number of benzene rings is 1. The molecule has 3 heterocycles. The minimum absolute atomic E-state index is 0.0664. The summed E-state index contributed by atoms with van der Waals surface area (Å²) in [5.74, 6) is 1.12. The first-order valence-electron chi connectivity index (χ1n) is 7.74. The average Bonchev–Trinajstić information content (AvgIpc) is 3.06. The molecule has 0 atom stereocenters. The van der Waals surface area contributed by atoms with Crippen molar-refractivity contribution in [3.05, 3.63) is 54.3 Å². The van der Waals surface area contributed by atoms with Crippen LogP contribution in [-0.4, -0.2) is 30.5 Å². The van der Waals surface area contributed by atoms with Crippen LogP contribution in [0.5, 0.6) is 0 Å². The van der Waals surface area contributed by atoms with E-state index in [0.717, 1.165) is 24.0 Å². The van der Waals surface area contributed by atoms with E-state index in [4.69, 9.17) is 4.42 Å². The number of furan rings is 1. The van der Waals surface area contributed by atoms with Crippen molar-refractivity contribution >= 4 is 16.8 Å². The summed E-state index contributed by atoms with van der Waals surface area (Å²) in [6.45, 7) is 2.63. The highest BCUT2D eigenvalue weighted by Crippen LogP contribution is 2.25. The molecular formula is C18H17N3O2. The molecule has 116 valence electrons. The van der Waals surface area contributed by atoms with E-state index in [1.807, 2.05) is 36.4 Å². The quantitative estimate of drug-likeness (QED) is 0.777. The number of nitrogens with one attached hydrogen (secondary N) is 2. The number of hydrogen-bond acceptors (Lipinski definition) is 4. The van der Waals surface area contributed by atoms with E-state index in [9.17, 15) is 4.79 Å². The van der Waals surface area contributed by atoms with Gasteiger partial charge in [0, 0.05) is 30.9 Å². The topological polar surface area (TPSA) is 67.2 Å². The van der Waals surface area contributed by atoms with Crippen LogP contribution < -0.4 is 10.6 Å². The molecule has 1 aliphatic heterocycles. The van der Waals surface area contributed by atoms with Crippen molar-refractivity contribution in [1.82, 2.24) is 15.6 Å². The number of aromatic nitrogens is 1. The number of rotatable bonds is 4.